The first kappa shape index (κ1) is 15.0. The molecule has 0 atom stereocenters. The van der Waals surface area contributed by atoms with Crippen LogP contribution in [0, 0.1) is 16.7 Å². The Morgan fingerprint density at radius 1 is 1.20 bits per heavy atom. The zero-order chi connectivity index (χ0) is 17.4. The molecule has 0 spiro atoms. The van der Waals surface area contributed by atoms with E-state index in [1.165, 1.54) is 0 Å². The first-order valence-electron chi connectivity index (χ1n) is 7.80. The van der Waals surface area contributed by atoms with Crippen LogP contribution in [0.4, 0.5) is 0 Å². The predicted molar refractivity (Wildman–Crippen MR) is 94.3 cm³/mol. The van der Waals surface area contributed by atoms with Gasteiger partial charge in [-0.2, -0.15) is 5.26 Å². The Kier molecular flexibility index (Phi) is 3.47. The molecule has 122 valence electrons. The van der Waals surface area contributed by atoms with Crippen LogP contribution in [0.25, 0.3) is 22.1 Å². The van der Waals surface area contributed by atoms with Gasteiger partial charge in [0.05, 0.1) is 13.7 Å². The molecule has 4 aromatic rings. The minimum absolute atomic E-state index is 0.0948. The van der Waals surface area contributed by atoms with Gasteiger partial charge in [-0.3, -0.25) is 5.41 Å². The summed E-state index contributed by atoms with van der Waals surface area (Å²) >= 11 is 0. The van der Waals surface area contributed by atoms with Gasteiger partial charge in [-0.25, -0.2) is 4.98 Å². The number of nitrogens with one attached hydrogen (secondary N) is 2. The van der Waals surface area contributed by atoms with Crippen LogP contribution >= 0.6 is 0 Å². The van der Waals surface area contributed by atoms with E-state index in [1.807, 2.05) is 54.6 Å². The summed E-state index contributed by atoms with van der Waals surface area (Å²) in [7, 11) is 1.63. The first-order chi connectivity index (χ1) is 12.2. The van der Waals surface area contributed by atoms with Gasteiger partial charge in [0.15, 0.2) is 11.2 Å². The van der Waals surface area contributed by atoms with Crippen molar-refractivity contribution in [3.8, 4) is 11.8 Å². The third kappa shape index (κ3) is 2.42. The monoisotopic (exact) mass is 329 g/mol. The normalized spacial score (nSPS) is 10.9. The number of aromatic nitrogens is 3. The lowest BCUT2D eigenvalue weighted by Gasteiger charge is -2.10. The van der Waals surface area contributed by atoms with Gasteiger partial charge in [0, 0.05) is 10.9 Å². The molecular formula is C19H15N5O. The smallest absolute Gasteiger partial charge is 0.183 e. The summed E-state index contributed by atoms with van der Waals surface area (Å²) in [6.45, 7) is 0.462. The molecule has 6 nitrogen and oxygen atoms in total. The summed E-state index contributed by atoms with van der Waals surface area (Å²) in [5, 5.41) is 18.7. The molecule has 2 heterocycles. The van der Waals surface area contributed by atoms with Gasteiger partial charge in [-0.05, 0) is 23.8 Å². The average molecular weight is 329 g/mol. The van der Waals surface area contributed by atoms with Gasteiger partial charge >= 0.3 is 0 Å². The highest BCUT2D eigenvalue weighted by Gasteiger charge is 2.13. The van der Waals surface area contributed by atoms with E-state index in [9.17, 15) is 5.26 Å². The SMILES string of the molecule is COc1ccc(Cn2c(=N)c(C#N)nc3c4ccccc4[nH]c32)cc1. The standard InChI is InChI=1S/C19H15N5O/c1-25-13-8-6-12(7-9-13)11-24-18(21)16(10-20)22-17-14-4-2-3-5-15(14)23-19(17)24/h2-9,21,23H,11H2,1H3. The molecule has 4 rings (SSSR count). The minimum Gasteiger partial charge on any atom is -0.497 e. The summed E-state index contributed by atoms with van der Waals surface area (Å²) in [6, 6.07) is 17.5. The number of H-pyrrole nitrogens is 1. The number of nitriles is 1. The maximum absolute atomic E-state index is 9.37. The van der Waals surface area contributed by atoms with Crippen LogP contribution in [0.2, 0.25) is 0 Å². The number of para-hydroxylation sites is 1. The Labute approximate surface area is 143 Å². The maximum atomic E-state index is 9.37. The van der Waals surface area contributed by atoms with Crippen molar-refractivity contribution in [3.63, 3.8) is 0 Å². The molecule has 2 aromatic carbocycles. The third-order valence-corrected chi connectivity index (χ3v) is 4.25. The average Bonchev–Trinajstić information content (AvgIpc) is 3.02. The summed E-state index contributed by atoms with van der Waals surface area (Å²) in [6.07, 6.45) is 0. The second-order valence-corrected chi connectivity index (χ2v) is 5.72. The first-order valence-corrected chi connectivity index (χ1v) is 7.80. The van der Waals surface area contributed by atoms with E-state index in [-0.39, 0.29) is 11.2 Å². The Morgan fingerprint density at radius 2 is 1.96 bits per heavy atom. The lowest BCUT2D eigenvalue weighted by atomic mass is 10.2. The van der Waals surface area contributed by atoms with E-state index >= 15 is 0 Å². The van der Waals surface area contributed by atoms with Gasteiger partial charge in [-0.1, -0.05) is 30.3 Å². The second-order valence-electron chi connectivity index (χ2n) is 5.72. The fraction of sp³-hybridized carbons (Fsp3) is 0.105. The molecule has 2 aromatic heterocycles. The molecule has 25 heavy (non-hydrogen) atoms. The van der Waals surface area contributed by atoms with E-state index in [0.29, 0.717) is 12.1 Å². The number of methoxy groups -OCH3 is 1. The Balaban J connectivity index is 1.95. The van der Waals surface area contributed by atoms with Gasteiger partial charge < -0.3 is 14.3 Å². The van der Waals surface area contributed by atoms with Crippen LogP contribution in [-0.2, 0) is 6.54 Å². The third-order valence-electron chi connectivity index (χ3n) is 4.25. The van der Waals surface area contributed by atoms with Crippen molar-refractivity contribution in [2.45, 2.75) is 6.54 Å². The summed E-state index contributed by atoms with van der Waals surface area (Å²) in [5.41, 5.74) is 3.60. The highest BCUT2D eigenvalue weighted by molar-refractivity contribution is 6.03. The predicted octanol–water partition coefficient (Wildman–Crippen LogP) is 2.93. The van der Waals surface area contributed by atoms with Gasteiger partial charge in [0.1, 0.15) is 23.0 Å². The van der Waals surface area contributed by atoms with Crippen molar-refractivity contribution < 1.29 is 4.74 Å². The van der Waals surface area contributed by atoms with Crippen LogP contribution in [0.15, 0.2) is 48.5 Å². The Hall–Kier alpha value is -3.59. The van der Waals surface area contributed by atoms with Crippen LogP contribution in [0.5, 0.6) is 5.75 Å². The Morgan fingerprint density at radius 3 is 2.68 bits per heavy atom. The molecule has 0 aliphatic heterocycles. The number of fused-ring (bicyclic) bond motifs is 3. The molecule has 0 amide bonds. The van der Waals surface area contributed by atoms with Gasteiger partial charge in [0.25, 0.3) is 0 Å². The van der Waals surface area contributed by atoms with Crippen molar-refractivity contribution in [2.24, 2.45) is 0 Å². The minimum atomic E-state index is 0.0948. The summed E-state index contributed by atoms with van der Waals surface area (Å²) in [5.74, 6) is 0.781. The lowest BCUT2D eigenvalue weighted by Crippen LogP contribution is -2.25. The lowest BCUT2D eigenvalue weighted by molar-refractivity contribution is 0.414. The number of aromatic amines is 1. The molecule has 0 fully saturated rings. The molecular weight excluding hydrogens is 314 g/mol. The van der Waals surface area contributed by atoms with E-state index in [1.54, 1.807) is 11.7 Å². The summed E-state index contributed by atoms with van der Waals surface area (Å²) in [4.78, 5) is 7.72. The molecule has 0 saturated carbocycles. The topological polar surface area (TPSA) is 90.5 Å². The molecule has 0 bridgehead atoms. The van der Waals surface area contributed by atoms with Crippen molar-refractivity contribution in [1.29, 1.82) is 10.7 Å². The molecule has 0 aliphatic carbocycles. The van der Waals surface area contributed by atoms with Crippen LogP contribution < -0.4 is 10.2 Å². The molecule has 0 aliphatic rings. The number of hydrogen-bond donors (Lipinski definition) is 2. The number of hydrogen-bond acceptors (Lipinski definition) is 4. The van der Waals surface area contributed by atoms with Crippen molar-refractivity contribution in [3.05, 3.63) is 65.3 Å². The van der Waals surface area contributed by atoms with E-state index < -0.39 is 0 Å². The van der Waals surface area contributed by atoms with E-state index in [0.717, 1.165) is 27.9 Å². The number of benzene rings is 2. The highest BCUT2D eigenvalue weighted by Crippen LogP contribution is 2.23. The van der Waals surface area contributed by atoms with Gasteiger partial charge in [-0.15, -0.1) is 0 Å². The number of rotatable bonds is 3. The van der Waals surface area contributed by atoms with Crippen molar-refractivity contribution in [2.75, 3.05) is 7.11 Å². The van der Waals surface area contributed by atoms with Crippen LogP contribution in [-0.4, -0.2) is 21.6 Å². The van der Waals surface area contributed by atoms with Crippen molar-refractivity contribution >= 4 is 22.1 Å². The molecule has 0 saturated heterocycles. The zero-order valence-electron chi connectivity index (χ0n) is 13.6. The highest BCUT2D eigenvalue weighted by atomic mass is 16.5. The van der Waals surface area contributed by atoms with E-state index in [2.05, 4.69) is 9.97 Å². The zero-order valence-corrected chi connectivity index (χ0v) is 13.6. The fourth-order valence-corrected chi connectivity index (χ4v) is 2.98. The molecule has 2 N–H and O–H groups in total. The van der Waals surface area contributed by atoms with Crippen molar-refractivity contribution in [1.82, 2.24) is 14.5 Å². The van der Waals surface area contributed by atoms with Crippen LogP contribution in [0.1, 0.15) is 11.3 Å². The maximum Gasteiger partial charge on any atom is 0.183 e. The molecule has 6 heteroatoms. The molecule has 0 unspecified atom stereocenters. The van der Waals surface area contributed by atoms with Gasteiger partial charge in [0.2, 0.25) is 0 Å². The number of nitrogens with zero attached hydrogens (tertiary/aromatic N) is 3. The molecule has 0 radical (unpaired) electrons. The quantitative estimate of drug-likeness (QED) is 0.605. The van der Waals surface area contributed by atoms with E-state index in [4.69, 9.17) is 10.1 Å². The summed E-state index contributed by atoms with van der Waals surface area (Å²) < 4.78 is 6.97. The number of ether oxygens (including phenoxy) is 1. The Bertz CT molecular complexity index is 1180. The van der Waals surface area contributed by atoms with Crippen LogP contribution in [0.3, 0.4) is 0 Å². The second kappa shape index (κ2) is 5.80. The fourth-order valence-electron chi connectivity index (χ4n) is 2.98. The largest absolute Gasteiger partial charge is 0.497 e.